The number of benzene rings is 2. The predicted molar refractivity (Wildman–Crippen MR) is 90.0 cm³/mol. The van der Waals surface area contributed by atoms with Gasteiger partial charge in [0.25, 0.3) is 0 Å². The van der Waals surface area contributed by atoms with Crippen molar-refractivity contribution >= 4 is 5.82 Å². The number of nitrogen functional groups attached to an aromatic ring is 1. The minimum Gasteiger partial charge on any atom is -0.382 e. The Morgan fingerprint density at radius 3 is 2.52 bits per heavy atom. The number of hydrogen-bond donors (Lipinski definition) is 1. The molecule has 2 N–H and O–H groups in total. The van der Waals surface area contributed by atoms with Crippen LogP contribution in [0.1, 0.15) is 30.9 Å². The van der Waals surface area contributed by atoms with Gasteiger partial charge in [0.2, 0.25) is 0 Å². The second-order valence-corrected chi connectivity index (χ2v) is 5.67. The molecule has 0 saturated heterocycles. The fourth-order valence-electron chi connectivity index (χ4n) is 2.42. The van der Waals surface area contributed by atoms with E-state index in [9.17, 15) is 0 Å². The summed E-state index contributed by atoms with van der Waals surface area (Å²) in [4.78, 5) is 0. The van der Waals surface area contributed by atoms with Crippen LogP contribution >= 0.6 is 0 Å². The molecule has 3 aromatic rings. The first-order valence-corrected chi connectivity index (χ1v) is 7.42. The lowest BCUT2D eigenvalue weighted by Gasteiger charge is -2.06. The molecule has 0 aliphatic rings. The predicted octanol–water partition coefficient (Wildman–Crippen LogP) is 3.51. The summed E-state index contributed by atoms with van der Waals surface area (Å²) in [5, 5.41) is 17.3. The van der Waals surface area contributed by atoms with Crippen LogP contribution < -0.4 is 5.73 Å². The van der Waals surface area contributed by atoms with Crippen LogP contribution in [0.3, 0.4) is 0 Å². The molecule has 114 valence electrons. The van der Waals surface area contributed by atoms with Crippen LogP contribution in [0.25, 0.3) is 16.9 Å². The average molecular weight is 303 g/mol. The number of anilines is 1. The van der Waals surface area contributed by atoms with E-state index >= 15 is 0 Å². The van der Waals surface area contributed by atoms with E-state index in [1.54, 1.807) is 22.9 Å². The smallest absolute Gasteiger partial charge is 0.155 e. The zero-order valence-corrected chi connectivity index (χ0v) is 13.1. The third-order valence-corrected chi connectivity index (χ3v) is 3.78. The van der Waals surface area contributed by atoms with Crippen molar-refractivity contribution in [2.24, 2.45) is 0 Å². The molecule has 0 atom stereocenters. The SMILES string of the molecule is CC(C)c1ccc(-c2nnn(-c3cccc(C#N)c3)c2N)cc1. The number of nitrogens with two attached hydrogens (primary N) is 1. The Hall–Kier alpha value is -3.13. The molecule has 0 amide bonds. The van der Waals surface area contributed by atoms with Gasteiger partial charge in [-0.2, -0.15) is 9.94 Å². The maximum atomic E-state index is 9.01. The molecule has 0 fully saturated rings. The summed E-state index contributed by atoms with van der Waals surface area (Å²) >= 11 is 0. The summed E-state index contributed by atoms with van der Waals surface area (Å²) in [5.41, 5.74) is 10.3. The Labute approximate surface area is 135 Å². The molecule has 2 aromatic carbocycles. The van der Waals surface area contributed by atoms with E-state index in [4.69, 9.17) is 11.0 Å². The highest BCUT2D eigenvalue weighted by Gasteiger charge is 2.13. The zero-order valence-electron chi connectivity index (χ0n) is 13.1. The summed E-state index contributed by atoms with van der Waals surface area (Å²) < 4.78 is 1.55. The Kier molecular flexibility index (Phi) is 3.82. The largest absolute Gasteiger partial charge is 0.382 e. The molecular formula is C18H17N5. The van der Waals surface area contributed by atoms with Crippen molar-refractivity contribution in [2.75, 3.05) is 5.73 Å². The first-order valence-electron chi connectivity index (χ1n) is 7.42. The third kappa shape index (κ3) is 2.79. The normalized spacial score (nSPS) is 10.7. The molecule has 23 heavy (non-hydrogen) atoms. The maximum Gasteiger partial charge on any atom is 0.155 e. The lowest BCUT2D eigenvalue weighted by molar-refractivity contribution is 0.810. The summed E-state index contributed by atoms with van der Waals surface area (Å²) in [6.07, 6.45) is 0. The second kappa shape index (κ2) is 5.93. The molecule has 0 spiro atoms. The molecular weight excluding hydrogens is 286 g/mol. The highest BCUT2D eigenvalue weighted by molar-refractivity contribution is 5.71. The van der Waals surface area contributed by atoms with Gasteiger partial charge in [0.05, 0.1) is 17.3 Å². The maximum absolute atomic E-state index is 9.01. The Morgan fingerprint density at radius 2 is 1.87 bits per heavy atom. The lowest BCUT2D eigenvalue weighted by Crippen LogP contribution is -2.02. The highest BCUT2D eigenvalue weighted by Crippen LogP contribution is 2.27. The molecule has 0 aliphatic carbocycles. The van der Waals surface area contributed by atoms with Crippen molar-refractivity contribution in [2.45, 2.75) is 19.8 Å². The zero-order chi connectivity index (χ0) is 16.4. The van der Waals surface area contributed by atoms with E-state index in [2.05, 4.69) is 42.4 Å². The fraction of sp³-hybridized carbons (Fsp3) is 0.167. The van der Waals surface area contributed by atoms with Crippen molar-refractivity contribution < 1.29 is 0 Å². The number of nitriles is 1. The van der Waals surface area contributed by atoms with Crippen LogP contribution in [-0.4, -0.2) is 15.0 Å². The van der Waals surface area contributed by atoms with E-state index in [-0.39, 0.29) is 0 Å². The van der Waals surface area contributed by atoms with Crippen LogP contribution in [0.15, 0.2) is 48.5 Å². The fourth-order valence-corrected chi connectivity index (χ4v) is 2.42. The molecule has 0 saturated carbocycles. The molecule has 0 aliphatic heterocycles. The standard InChI is InChI=1S/C18H17N5/c1-12(2)14-6-8-15(9-7-14)17-18(20)23(22-21-17)16-5-3-4-13(10-16)11-19/h3-10,12H,20H2,1-2H3. The first-order chi connectivity index (χ1) is 11.1. The molecule has 3 rings (SSSR count). The first kappa shape index (κ1) is 14.8. The minimum absolute atomic E-state index is 0.456. The van der Waals surface area contributed by atoms with Gasteiger partial charge in [0.15, 0.2) is 5.82 Å². The van der Waals surface area contributed by atoms with E-state index in [1.165, 1.54) is 5.56 Å². The highest BCUT2D eigenvalue weighted by atomic mass is 15.5. The summed E-state index contributed by atoms with van der Waals surface area (Å²) in [6, 6.07) is 17.4. The van der Waals surface area contributed by atoms with Gasteiger partial charge >= 0.3 is 0 Å². The van der Waals surface area contributed by atoms with Gasteiger partial charge in [0.1, 0.15) is 5.69 Å². The van der Waals surface area contributed by atoms with Crippen LogP contribution in [0.5, 0.6) is 0 Å². The van der Waals surface area contributed by atoms with Gasteiger partial charge in [-0.1, -0.05) is 49.4 Å². The van der Waals surface area contributed by atoms with Crippen molar-refractivity contribution in [3.63, 3.8) is 0 Å². The minimum atomic E-state index is 0.456. The van der Waals surface area contributed by atoms with Crippen molar-refractivity contribution in [3.05, 3.63) is 59.7 Å². The van der Waals surface area contributed by atoms with Crippen molar-refractivity contribution in [1.82, 2.24) is 15.0 Å². The lowest BCUT2D eigenvalue weighted by atomic mass is 10.0. The van der Waals surface area contributed by atoms with Crippen LogP contribution in [0.4, 0.5) is 5.82 Å². The Balaban J connectivity index is 2.00. The van der Waals surface area contributed by atoms with Crippen LogP contribution in [0, 0.1) is 11.3 Å². The topological polar surface area (TPSA) is 80.5 Å². The molecule has 5 heteroatoms. The number of nitrogens with zero attached hydrogens (tertiary/aromatic N) is 4. The molecule has 5 nitrogen and oxygen atoms in total. The molecule has 0 bridgehead atoms. The van der Waals surface area contributed by atoms with Gasteiger partial charge in [-0.25, -0.2) is 0 Å². The van der Waals surface area contributed by atoms with Gasteiger partial charge in [-0.05, 0) is 29.7 Å². The van der Waals surface area contributed by atoms with Gasteiger partial charge in [-0.15, -0.1) is 5.10 Å². The molecule has 0 radical (unpaired) electrons. The van der Waals surface area contributed by atoms with E-state index in [0.717, 1.165) is 11.3 Å². The van der Waals surface area contributed by atoms with Crippen molar-refractivity contribution in [1.29, 1.82) is 5.26 Å². The number of rotatable bonds is 3. The third-order valence-electron chi connectivity index (χ3n) is 3.78. The summed E-state index contributed by atoms with van der Waals surface area (Å²) in [5.74, 6) is 0.934. The second-order valence-electron chi connectivity index (χ2n) is 5.67. The Bertz CT molecular complexity index is 869. The van der Waals surface area contributed by atoms with E-state index < -0.39 is 0 Å². The summed E-state index contributed by atoms with van der Waals surface area (Å²) in [6.45, 7) is 4.31. The monoisotopic (exact) mass is 303 g/mol. The quantitative estimate of drug-likeness (QED) is 0.802. The van der Waals surface area contributed by atoms with Gasteiger partial charge < -0.3 is 5.73 Å². The average Bonchev–Trinajstić information content (AvgIpc) is 2.96. The van der Waals surface area contributed by atoms with E-state index in [1.807, 2.05) is 18.2 Å². The number of aromatic nitrogens is 3. The summed E-state index contributed by atoms with van der Waals surface area (Å²) in [7, 11) is 0. The number of hydrogen-bond acceptors (Lipinski definition) is 4. The van der Waals surface area contributed by atoms with Gasteiger partial charge in [0, 0.05) is 5.56 Å². The van der Waals surface area contributed by atoms with Gasteiger partial charge in [-0.3, -0.25) is 0 Å². The van der Waals surface area contributed by atoms with Crippen molar-refractivity contribution in [3.8, 4) is 23.0 Å². The van der Waals surface area contributed by atoms with Crippen LogP contribution in [0.2, 0.25) is 0 Å². The molecule has 1 heterocycles. The molecule has 1 aromatic heterocycles. The van der Waals surface area contributed by atoms with Crippen LogP contribution in [-0.2, 0) is 0 Å². The Morgan fingerprint density at radius 1 is 1.13 bits per heavy atom. The van der Waals surface area contributed by atoms with E-state index in [0.29, 0.717) is 23.0 Å². The molecule has 0 unspecified atom stereocenters.